The highest BCUT2D eigenvalue weighted by Gasteiger charge is 2.12. The third kappa shape index (κ3) is 3.94. The third-order valence-electron chi connectivity index (χ3n) is 3.27. The van der Waals surface area contributed by atoms with Crippen LogP contribution in [-0.4, -0.2) is 23.5 Å². The number of carbonyl (C=O) groups excluding carboxylic acids is 2. The number of anilines is 1. The lowest BCUT2D eigenvalue weighted by Crippen LogP contribution is -2.20. The smallest absolute Gasteiger partial charge is 0.338 e. The predicted molar refractivity (Wildman–Crippen MR) is 94.7 cm³/mol. The SMILES string of the molecule is N#Cc1ccc(NC(=O)COC(=O)c2ccc3ncsc3c2)cc1Cl. The Bertz CT molecular complexity index is 1010. The van der Waals surface area contributed by atoms with Crippen molar-refractivity contribution < 1.29 is 14.3 Å². The van der Waals surface area contributed by atoms with E-state index in [-0.39, 0.29) is 5.02 Å². The molecule has 0 saturated heterocycles. The molecular formula is C17H10ClN3O3S. The summed E-state index contributed by atoms with van der Waals surface area (Å²) >= 11 is 7.31. The van der Waals surface area contributed by atoms with Crippen LogP contribution in [0.5, 0.6) is 0 Å². The Labute approximate surface area is 151 Å². The maximum Gasteiger partial charge on any atom is 0.338 e. The van der Waals surface area contributed by atoms with Crippen molar-refractivity contribution in [3.05, 3.63) is 58.1 Å². The Morgan fingerprint density at radius 2 is 2.12 bits per heavy atom. The molecule has 0 bridgehead atoms. The average Bonchev–Trinajstić information content (AvgIpc) is 3.07. The Hall–Kier alpha value is -2.95. The largest absolute Gasteiger partial charge is 0.452 e. The molecule has 6 nitrogen and oxygen atoms in total. The highest BCUT2D eigenvalue weighted by atomic mass is 35.5. The Kier molecular flexibility index (Phi) is 4.93. The van der Waals surface area contributed by atoms with Crippen LogP contribution in [0.1, 0.15) is 15.9 Å². The highest BCUT2D eigenvalue weighted by molar-refractivity contribution is 7.16. The monoisotopic (exact) mass is 371 g/mol. The van der Waals surface area contributed by atoms with Gasteiger partial charge in [0.25, 0.3) is 5.91 Å². The zero-order valence-electron chi connectivity index (χ0n) is 12.7. The van der Waals surface area contributed by atoms with Gasteiger partial charge in [-0.05, 0) is 36.4 Å². The summed E-state index contributed by atoms with van der Waals surface area (Å²) in [6.45, 7) is -0.433. The number of fused-ring (bicyclic) bond motifs is 1. The van der Waals surface area contributed by atoms with Crippen LogP contribution < -0.4 is 5.32 Å². The number of ether oxygens (including phenoxy) is 1. The van der Waals surface area contributed by atoms with Crippen molar-refractivity contribution in [1.29, 1.82) is 5.26 Å². The number of halogens is 1. The molecule has 1 amide bonds. The lowest BCUT2D eigenvalue weighted by Gasteiger charge is -2.07. The summed E-state index contributed by atoms with van der Waals surface area (Å²) in [6, 6.07) is 11.4. The number of nitrogens with zero attached hydrogens (tertiary/aromatic N) is 2. The molecule has 8 heteroatoms. The molecule has 25 heavy (non-hydrogen) atoms. The number of amides is 1. The van der Waals surface area contributed by atoms with E-state index in [4.69, 9.17) is 21.6 Å². The van der Waals surface area contributed by atoms with Crippen molar-refractivity contribution in [2.75, 3.05) is 11.9 Å². The molecule has 124 valence electrons. The summed E-state index contributed by atoms with van der Waals surface area (Å²) in [7, 11) is 0. The quantitative estimate of drug-likeness (QED) is 0.707. The van der Waals surface area contributed by atoms with E-state index >= 15 is 0 Å². The van der Waals surface area contributed by atoms with Gasteiger partial charge in [0.15, 0.2) is 6.61 Å². The number of rotatable bonds is 4. The van der Waals surface area contributed by atoms with E-state index in [1.807, 2.05) is 6.07 Å². The van der Waals surface area contributed by atoms with Crippen LogP contribution in [0, 0.1) is 11.3 Å². The number of nitrogens with one attached hydrogen (secondary N) is 1. The summed E-state index contributed by atoms with van der Waals surface area (Å²) in [6.07, 6.45) is 0. The first-order chi connectivity index (χ1) is 12.1. The number of benzene rings is 2. The van der Waals surface area contributed by atoms with E-state index in [0.717, 1.165) is 10.2 Å². The van der Waals surface area contributed by atoms with E-state index in [1.54, 1.807) is 29.8 Å². The summed E-state index contributed by atoms with van der Waals surface area (Å²) in [5.41, 5.74) is 3.57. The molecule has 0 aliphatic heterocycles. The predicted octanol–water partition coefficient (Wildman–Crippen LogP) is 3.62. The first-order valence-corrected chi connectivity index (χ1v) is 8.32. The topological polar surface area (TPSA) is 92.1 Å². The minimum absolute atomic E-state index is 0.232. The molecule has 0 spiro atoms. The van der Waals surface area contributed by atoms with E-state index in [9.17, 15) is 9.59 Å². The Balaban J connectivity index is 1.59. The van der Waals surface area contributed by atoms with Gasteiger partial charge in [0.1, 0.15) is 6.07 Å². The highest BCUT2D eigenvalue weighted by Crippen LogP contribution is 2.21. The van der Waals surface area contributed by atoms with Crippen LogP contribution in [0.25, 0.3) is 10.2 Å². The zero-order chi connectivity index (χ0) is 17.8. The van der Waals surface area contributed by atoms with Gasteiger partial charge in [0.2, 0.25) is 0 Å². The number of esters is 1. The fraction of sp³-hybridized carbons (Fsp3) is 0.0588. The fourth-order valence-electron chi connectivity index (χ4n) is 2.08. The molecule has 1 aromatic heterocycles. The molecule has 0 atom stereocenters. The molecule has 1 heterocycles. The average molecular weight is 372 g/mol. The van der Waals surface area contributed by atoms with Gasteiger partial charge in [0.05, 0.1) is 31.9 Å². The van der Waals surface area contributed by atoms with Gasteiger partial charge in [0, 0.05) is 5.69 Å². The standard InChI is InChI=1S/C17H10ClN3O3S/c18-13-6-12(3-1-11(13)7-19)21-16(22)8-24-17(23)10-2-4-14-15(5-10)25-9-20-14/h1-6,9H,8H2,(H,21,22). The van der Waals surface area contributed by atoms with Crippen LogP contribution >= 0.6 is 22.9 Å². The summed E-state index contributed by atoms with van der Waals surface area (Å²) in [5, 5.41) is 11.6. The second-order valence-electron chi connectivity index (χ2n) is 4.97. The first-order valence-electron chi connectivity index (χ1n) is 7.06. The lowest BCUT2D eigenvalue weighted by atomic mass is 10.2. The second-order valence-corrected chi connectivity index (χ2v) is 6.26. The van der Waals surface area contributed by atoms with E-state index in [2.05, 4.69) is 10.3 Å². The zero-order valence-corrected chi connectivity index (χ0v) is 14.2. The molecule has 3 aromatic rings. The summed E-state index contributed by atoms with van der Waals surface area (Å²) < 4.78 is 5.88. The second kappa shape index (κ2) is 7.30. The number of carbonyl (C=O) groups is 2. The molecule has 0 unspecified atom stereocenters. The van der Waals surface area contributed by atoms with Crippen LogP contribution in [0.15, 0.2) is 41.9 Å². The van der Waals surface area contributed by atoms with Crippen LogP contribution in [0.3, 0.4) is 0 Å². The molecule has 3 rings (SSSR count). The molecule has 0 aliphatic carbocycles. The maximum atomic E-state index is 12.0. The number of nitriles is 1. The maximum absolute atomic E-state index is 12.0. The van der Waals surface area contributed by atoms with Crippen molar-refractivity contribution in [3.8, 4) is 6.07 Å². The number of aromatic nitrogens is 1. The third-order valence-corrected chi connectivity index (χ3v) is 4.38. The molecule has 0 fully saturated rings. The van der Waals surface area contributed by atoms with Gasteiger partial charge >= 0.3 is 5.97 Å². The molecule has 0 aliphatic rings. The Morgan fingerprint density at radius 3 is 2.88 bits per heavy atom. The van der Waals surface area contributed by atoms with Gasteiger partial charge in [-0.3, -0.25) is 4.79 Å². The van der Waals surface area contributed by atoms with Crippen LogP contribution in [0.4, 0.5) is 5.69 Å². The Morgan fingerprint density at radius 1 is 1.28 bits per heavy atom. The normalized spacial score (nSPS) is 10.2. The first kappa shape index (κ1) is 16.9. The minimum Gasteiger partial charge on any atom is -0.452 e. The van der Waals surface area contributed by atoms with Crippen LogP contribution in [-0.2, 0) is 9.53 Å². The van der Waals surface area contributed by atoms with Crippen molar-refractivity contribution in [3.63, 3.8) is 0 Å². The lowest BCUT2D eigenvalue weighted by molar-refractivity contribution is -0.119. The number of hydrogen-bond acceptors (Lipinski definition) is 6. The van der Waals surface area contributed by atoms with Crippen molar-refractivity contribution >= 4 is 50.7 Å². The van der Waals surface area contributed by atoms with E-state index in [0.29, 0.717) is 16.8 Å². The number of hydrogen-bond donors (Lipinski definition) is 1. The van der Waals surface area contributed by atoms with Gasteiger partial charge in [-0.1, -0.05) is 11.6 Å². The van der Waals surface area contributed by atoms with Gasteiger partial charge in [-0.2, -0.15) is 5.26 Å². The van der Waals surface area contributed by atoms with Gasteiger partial charge < -0.3 is 10.1 Å². The molecular weight excluding hydrogens is 362 g/mol. The van der Waals surface area contributed by atoms with E-state index in [1.165, 1.54) is 23.5 Å². The molecule has 0 radical (unpaired) electrons. The fourth-order valence-corrected chi connectivity index (χ4v) is 3.02. The summed E-state index contributed by atoms with van der Waals surface area (Å²) in [5.74, 6) is -1.10. The molecule has 0 saturated carbocycles. The van der Waals surface area contributed by atoms with Gasteiger partial charge in [-0.25, -0.2) is 9.78 Å². The molecule has 1 N–H and O–H groups in total. The van der Waals surface area contributed by atoms with Gasteiger partial charge in [-0.15, -0.1) is 11.3 Å². The van der Waals surface area contributed by atoms with Crippen molar-refractivity contribution in [2.45, 2.75) is 0 Å². The number of thiazole rings is 1. The summed E-state index contributed by atoms with van der Waals surface area (Å²) in [4.78, 5) is 28.0. The van der Waals surface area contributed by atoms with Crippen molar-refractivity contribution in [1.82, 2.24) is 4.98 Å². The minimum atomic E-state index is -0.594. The van der Waals surface area contributed by atoms with Crippen molar-refractivity contribution in [2.24, 2.45) is 0 Å². The molecule has 2 aromatic carbocycles. The van der Waals surface area contributed by atoms with Crippen LogP contribution in [0.2, 0.25) is 5.02 Å². The van der Waals surface area contributed by atoms with E-state index < -0.39 is 18.5 Å².